The molecule has 1 aliphatic heterocycles. The molecule has 1 unspecified atom stereocenters. The minimum Gasteiger partial charge on any atom is -0.496 e. The van der Waals surface area contributed by atoms with Crippen LogP contribution in [0.1, 0.15) is 53.2 Å². The van der Waals surface area contributed by atoms with E-state index in [0.29, 0.717) is 16.9 Å². The number of hydrogen-bond donors (Lipinski definition) is 2. The molecule has 0 radical (unpaired) electrons. The van der Waals surface area contributed by atoms with Crippen molar-refractivity contribution < 1.29 is 29.0 Å². The van der Waals surface area contributed by atoms with Gasteiger partial charge in [-0.2, -0.15) is 0 Å². The summed E-state index contributed by atoms with van der Waals surface area (Å²) in [7, 11) is 4.55. The van der Waals surface area contributed by atoms with Gasteiger partial charge in [-0.25, -0.2) is 9.59 Å². The smallest absolute Gasteiger partial charge is 0.341 e. The fourth-order valence-corrected chi connectivity index (χ4v) is 3.24. The number of methoxy groups -OCH3 is 1. The molecule has 0 aromatic heterocycles. The van der Waals surface area contributed by atoms with Crippen LogP contribution in [0.3, 0.4) is 0 Å². The number of carbonyl (C=O) groups is 3. The number of rotatable bonds is 6. The SMILES string of the molecule is C/C=C(\C)CC(C(=O)O)c1c(NC(=O)N(C)C)c2c(c(C)c1OC)COC2=O. The number of ether oxygens (including phenoxy) is 2. The summed E-state index contributed by atoms with van der Waals surface area (Å²) in [6, 6.07) is -0.485. The van der Waals surface area contributed by atoms with Crippen molar-refractivity contribution in [1.82, 2.24) is 4.90 Å². The van der Waals surface area contributed by atoms with Crippen LogP contribution in [-0.4, -0.2) is 49.2 Å². The number of esters is 1. The first-order valence-electron chi connectivity index (χ1n) is 8.87. The van der Waals surface area contributed by atoms with Gasteiger partial charge in [0, 0.05) is 25.2 Å². The highest BCUT2D eigenvalue weighted by Gasteiger charge is 2.37. The second-order valence-electron chi connectivity index (χ2n) is 6.93. The zero-order chi connectivity index (χ0) is 21.2. The van der Waals surface area contributed by atoms with Crippen molar-refractivity contribution in [3.8, 4) is 5.75 Å². The van der Waals surface area contributed by atoms with Crippen molar-refractivity contribution in [2.75, 3.05) is 26.5 Å². The van der Waals surface area contributed by atoms with Crippen LogP contribution < -0.4 is 10.1 Å². The first kappa shape index (κ1) is 21.3. The van der Waals surface area contributed by atoms with Gasteiger partial charge in [-0.05, 0) is 32.8 Å². The van der Waals surface area contributed by atoms with E-state index in [2.05, 4.69) is 5.32 Å². The van der Waals surface area contributed by atoms with Crippen LogP contribution in [0, 0.1) is 6.92 Å². The molecule has 0 fully saturated rings. The summed E-state index contributed by atoms with van der Waals surface area (Å²) < 4.78 is 10.7. The Balaban J connectivity index is 2.85. The van der Waals surface area contributed by atoms with E-state index in [4.69, 9.17) is 9.47 Å². The van der Waals surface area contributed by atoms with Gasteiger partial charge in [0.25, 0.3) is 0 Å². The molecule has 2 N–H and O–H groups in total. The lowest BCUT2D eigenvalue weighted by Gasteiger charge is -2.25. The Kier molecular flexibility index (Phi) is 6.33. The first-order valence-corrected chi connectivity index (χ1v) is 8.87. The lowest BCUT2D eigenvalue weighted by Crippen LogP contribution is -2.30. The van der Waals surface area contributed by atoms with E-state index in [0.717, 1.165) is 5.57 Å². The van der Waals surface area contributed by atoms with Crippen LogP contribution in [0.4, 0.5) is 10.5 Å². The molecule has 1 aromatic carbocycles. The van der Waals surface area contributed by atoms with Crippen LogP contribution >= 0.6 is 0 Å². The molecule has 0 spiro atoms. The quantitative estimate of drug-likeness (QED) is 0.570. The molecule has 152 valence electrons. The number of carbonyl (C=O) groups excluding carboxylic acids is 2. The highest BCUT2D eigenvalue weighted by Crippen LogP contribution is 2.46. The zero-order valence-electron chi connectivity index (χ0n) is 17.0. The largest absolute Gasteiger partial charge is 0.496 e. The van der Waals surface area contributed by atoms with Crippen LogP contribution in [0.25, 0.3) is 0 Å². The Hall–Kier alpha value is -3.03. The van der Waals surface area contributed by atoms with E-state index < -0.39 is 23.9 Å². The molecule has 0 saturated carbocycles. The van der Waals surface area contributed by atoms with Gasteiger partial charge >= 0.3 is 18.0 Å². The van der Waals surface area contributed by atoms with E-state index in [1.807, 2.05) is 19.9 Å². The number of fused-ring (bicyclic) bond motifs is 1. The number of carboxylic acids is 1. The van der Waals surface area contributed by atoms with Crippen molar-refractivity contribution >= 4 is 23.7 Å². The third-order valence-corrected chi connectivity index (χ3v) is 4.92. The normalized spacial score (nSPS) is 14.2. The van der Waals surface area contributed by atoms with E-state index >= 15 is 0 Å². The summed E-state index contributed by atoms with van der Waals surface area (Å²) in [6.45, 7) is 5.45. The number of allylic oxidation sites excluding steroid dienone is 2. The summed E-state index contributed by atoms with van der Waals surface area (Å²) >= 11 is 0. The minimum absolute atomic E-state index is 0.0487. The molecule has 28 heavy (non-hydrogen) atoms. The average Bonchev–Trinajstić information content (AvgIpc) is 3.03. The van der Waals surface area contributed by atoms with Crippen molar-refractivity contribution in [1.29, 1.82) is 0 Å². The van der Waals surface area contributed by atoms with Crippen molar-refractivity contribution in [3.63, 3.8) is 0 Å². The van der Waals surface area contributed by atoms with Crippen LogP contribution in [0.2, 0.25) is 0 Å². The Morgan fingerprint density at radius 1 is 1.39 bits per heavy atom. The molecule has 2 rings (SSSR count). The summed E-state index contributed by atoms with van der Waals surface area (Å²) in [5.74, 6) is -2.35. The third kappa shape index (κ3) is 3.81. The third-order valence-electron chi connectivity index (χ3n) is 4.92. The second kappa shape index (κ2) is 8.33. The van der Waals surface area contributed by atoms with Gasteiger partial charge in [0.15, 0.2) is 0 Å². The standard InChI is InChI=1S/C20H26N2O6/c1-7-10(2)8-12(18(23)24)14-16(21-20(26)22(4)5)15-13(9-28-19(15)25)11(3)17(14)27-6/h7,12H,8-9H2,1-6H3,(H,21,26)(H,23,24)/b10-7+. The maximum atomic E-state index is 12.4. The highest BCUT2D eigenvalue weighted by molar-refractivity contribution is 6.06. The number of anilines is 1. The molecular weight excluding hydrogens is 364 g/mol. The monoisotopic (exact) mass is 390 g/mol. The lowest BCUT2D eigenvalue weighted by atomic mass is 9.85. The summed E-state index contributed by atoms with van der Waals surface area (Å²) in [5.41, 5.74) is 2.67. The van der Waals surface area contributed by atoms with Crippen LogP contribution in [-0.2, 0) is 16.1 Å². The maximum Gasteiger partial charge on any atom is 0.341 e. The van der Waals surface area contributed by atoms with Gasteiger partial charge in [0.1, 0.15) is 12.4 Å². The highest BCUT2D eigenvalue weighted by atomic mass is 16.5. The summed E-state index contributed by atoms with van der Waals surface area (Å²) in [6.07, 6.45) is 2.04. The summed E-state index contributed by atoms with van der Waals surface area (Å²) in [4.78, 5) is 38.3. The van der Waals surface area contributed by atoms with Crippen LogP contribution in [0.15, 0.2) is 11.6 Å². The van der Waals surface area contributed by atoms with Gasteiger partial charge < -0.3 is 24.8 Å². The molecule has 8 nitrogen and oxygen atoms in total. The molecule has 0 bridgehead atoms. The molecule has 1 heterocycles. The number of amides is 2. The average molecular weight is 390 g/mol. The number of benzene rings is 1. The van der Waals surface area contributed by atoms with Gasteiger partial charge in [-0.3, -0.25) is 4.79 Å². The van der Waals surface area contributed by atoms with Crippen molar-refractivity contribution in [2.24, 2.45) is 0 Å². The Labute approximate surface area is 164 Å². The molecule has 2 amide bonds. The number of urea groups is 1. The van der Waals surface area contributed by atoms with E-state index in [1.54, 1.807) is 21.0 Å². The van der Waals surface area contributed by atoms with E-state index in [-0.39, 0.29) is 29.8 Å². The number of aliphatic carboxylic acids is 1. The van der Waals surface area contributed by atoms with Gasteiger partial charge in [0.2, 0.25) is 0 Å². The topological polar surface area (TPSA) is 105 Å². The first-order chi connectivity index (χ1) is 13.1. The molecule has 1 aromatic rings. The maximum absolute atomic E-state index is 12.4. The fourth-order valence-electron chi connectivity index (χ4n) is 3.24. The number of cyclic esters (lactones) is 1. The number of nitrogens with one attached hydrogen (secondary N) is 1. The molecule has 0 saturated heterocycles. The Morgan fingerprint density at radius 2 is 2.04 bits per heavy atom. The minimum atomic E-state index is -1.08. The zero-order valence-corrected chi connectivity index (χ0v) is 17.0. The van der Waals surface area contributed by atoms with E-state index in [1.165, 1.54) is 12.0 Å². The molecule has 1 aliphatic rings. The molecule has 0 aliphatic carbocycles. The molecule has 1 atom stereocenters. The predicted molar refractivity (Wildman–Crippen MR) is 104 cm³/mol. The van der Waals surface area contributed by atoms with Gasteiger partial charge in [-0.15, -0.1) is 0 Å². The number of hydrogen-bond acceptors (Lipinski definition) is 5. The molecule has 8 heteroatoms. The second-order valence-corrected chi connectivity index (χ2v) is 6.93. The van der Waals surface area contributed by atoms with Crippen LogP contribution in [0.5, 0.6) is 5.75 Å². The van der Waals surface area contributed by atoms with Gasteiger partial charge in [0.05, 0.1) is 24.3 Å². The Morgan fingerprint density at radius 3 is 2.54 bits per heavy atom. The van der Waals surface area contributed by atoms with Crippen molar-refractivity contribution in [3.05, 3.63) is 33.9 Å². The number of carboxylic acid groups (broad SMARTS) is 1. The Bertz CT molecular complexity index is 857. The molecular formula is C20H26N2O6. The fraction of sp³-hybridized carbons (Fsp3) is 0.450. The summed E-state index contributed by atoms with van der Waals surface area (Å²) in [5, 5.41) is 12.6. The van der Waals surface area contributed by atoms with E-state index in [9.17, 15) is 19.5 Å². The van der Waals surface area contributed by atoms with Gasteiger partial charge in [-0.1, -0.05) is 11.6 Å². The lowest BCUT2D eigenvalue weighted by molar-refractivity contribution is -0.138. The predicted octanol–water partition coefficient (Wildman–Crippen LogP) is 3.29. The van der Waals surface area contributed by atoms with Crippen molar-refractivity contribution in [2.45, 2.75) is 39.7 Å². The number of nitrogens with zero attached hydrogens (tertiary/aromatic N) is 1.